The van der Waals surface area contributed by atoms with Gasteiger partial charge in [0.25, 0.3) is 0 Å². The smallest absolute Gasteiger partial charge is 0.239 e. The summed E-state index contributed by atoms with van der Waals surface area (Å²) in [6.45, 7) is 2.60. The molecule has 1 amide bonds. The molecule has 2 aliphatic heterocycles. The summed E-state index contributed by atoms with van der Waals surface area (Å²) >= 11 is 0. The Kier molecular flexibility index (Phi) is 2.33. The third-order valence-electron chi connectivity index (χ3n) is 3.82. The maximum atomic E-state index is 12.0. The number of anilines is 1. The summed E-state index contributed by atoms with van der Waals surface area (Å²) in [5.74, 6) is 0.255. The molecule has 4 nitrogen and oxygen atoms in total. The SMILES string of the molecule is CN1CCC(N2Cc3ccc(N)cc3C2)C1=O. The molecule has 4 heteroatoms. The van der Waals surface area contributed by atoms with Gasteiger partial charge in [0.15, 0.2) is 0 Å². The van der Waals surface area contributed by atoms with Crippen molar-refractivity contribution >= 4 is 11.6 Å². The number of benzene rings is 1. The van der Waals surface area contributed by atoms with E-state index in [0.717, 1.165) is 31.7 Å². The van der Waals surface area contributed by atoms with Gasteiger partial charge in [0.05, 0.1) is 6.04 Å². The number of carbonyl (C=O) groups is 1. The maximum absolute atomic E-state index is 12.0. The van der Waals surface area contributed by atoms with Crippen molar-refractivity contribution in [2.24, 2.45) is 0 Å². The van der Waals surface area contributed by atoms with Gasteiger partial charge < -0.3 is 10.6 Å². The minimum atomic E-state index is 0.0635. The minimum Gasteiger partial charge on any atom is -0.399 e. The van der Waals surface area contributed by atoms with Crippen LogP contribution in [0.1, 0.15) is 17.5 Å². The summed E-state index contributed by atoms with van der Waals surface area (Å²) in [6, 6.07) is 6.10. The van der Waals surface area contributed by atoms with Crippen LogP contribution in [0.25, 0.3) is 0 Å². The Balaban J connectivity index is 1.80. The van der Waals surface area contributed by atoms with E-state index >= 15 is 0 Å². The molecule has 0 saturated carbocycles. The Labute approximate surface area is 101 Å². The van der Waals surface area contributed by atoms with Gasteiger partial charge in [0, 0.05) is 32.4 Å². The second-order valence-corrected chi connectivity index (χ2v) is 5.00. The van der Waals surface area contributed by atoms with Crippen molar-refractivity contribution in [3.8, 4) is 0 Å². The van der Waals surface area contributed by atoms with E-state index in [1.165, 1.54) is 11.1 Å². The first kappa shape index (κ1) is 10.6. The summed E-state index contributed by atoms with van der Waals surface area (Å²) in [5, 5.41) is 0. The number of likely N-dealkylation sites (tertiary alicyclic amines) is 1. The summed E-state index contributed by atoms with van der Waals surface area (Å²) in [6.07, 6.45) is 0.943. The number of nitrogens with two attached hydrogens (primary N) is 1. The normalized spacial score (nSPS) is 24.4. The number of amides is 1. The third kappa shape index (κ3) is 1.69. The zero-order valence-electron chi connectivity index (χ0n) is 10.0. The monoisotopic (exact) mass is 231 g/mol. The third-order valence-corrected chi connectivity index (χ3v) is 3.82. The van der Waals surface area contributed by atoms with E-state index in [2.05, 4.69) is 11.0 Å². The molecule has 1 aromatic rings. The van der Waals surface area contributed by atoms with E-state index in [9.17, 15) is 4.79 Å². The van der Waals surface area contributed by atoms with E-state index < -0.39 is 0 Å². The summed E-state index contributed by atoms with van der Waals surface area (Å²) < 4.78 is 0. The fourth-order valence-corrected chi connectivity index (χ4v) is 2.80. The number of carbonyl (C=O) groups excluding carboxylic acids is 1. The molecule has 2 N–H and O–H groups in total. The lowest BCUT2D eigenvalue weighted by Crippen LogP contribution is -2.37. The summed E-state index contributed by atoms with van der Waals surface area (Å²) in [4.78, 5) is 16.1. The first-order valence-electron chi connectivity index (χ1n) is 6.01. The lowest BCUT2D eigenvalue weighted by molar-refractivity contribution is -0.131. The Morgan fingerprint density at radius 2 is 2.06 bits per heavy atom. The first-order chi connectivity index (χ1) is 8.15. The van der Waals surface area contributed by atoms with Crippen molar-refractivity contribution in [3.05, 3.63) is 29.3 Å². The highest BCUT2D eigenvalue weighted by Gasteiger charge is 2.36. The van der Waals surface area contributed by atoms with E-state index in [1.54, 1.807) is 0 Å². The van der Waals surface area contributed by atoms with E-state index in [0.29, 0.717) is 0 Å². The fraction of sp³-hybridized carbons (Fsp3) is 0.462. The number of hydrogen-bond acceptors (Lipinski definition) is 3. The second kappa shape index (κ2) is 3.74. The van der Waals surface area contributed by atoms with Gasteiger partial charge in [-0.05, 0) is 29.7 Å². The van der Waals surface area contributed by atoms with Gasteiger partial charge in [-0.3, -0.25) is 9.69 Å². The fourth-order valence-electron chi connectivity index (χ4n) is 2.80. The first-order valence-corrected chi connectivity index (χ1v) is 6.01. The van der Waals surface area contributed by atoms with Crippen LogP contribution in [-0.2, 0) is 17.9 Å². The zero-order chi connectivity index (χ0) is 12.0. The predicted octanol–water partition coefficient (Wildman–Crippen LogP) is 0.815. The topological polar surface area (TPSA) is 49.6 Å². The van der Waals surface area contributed by atoms with Crippen molar-refractivity contribution in [1.82, 2.24) is 9.80 Å². The highest BCUT2D eigenvalue weighted by molar-refractivity contribution is 5.83. The van der Waals surface area contributed by atoms with Crippen molar-refractivity contribution in [2.75, 3.05) is 19.3 Å². The van der Waals surface area contributed by atoms with Gasteiger partial charge in [-0.1, -0.05) is 6.07 Å². The second-order valence-electron chi connectivity index (χ2n) is 5.00. The van der Waals surface area contributed by atoms with Crippen LogP contribution in [-0.4, -0.2) is 35.3 Å². The molecule has 0 aromatic heterocycles. The number of nitrogen functional groups attached to an aromatic ring is 1. The van der Waals surface area contributed by atoms with Crippen LogP contribution in [0, 0.1) is 0 Å². The Morgan fingerprint density at radius 1 is 1.29 bits per heavy atom. The Bertz CT molecular complexity index is 472. The highest BCUT2D eigenvalue weighted by Crippen LogP contribution is 2.29. The van der Waals surface area contributed by atoms with E-state index in [-0.39, 0.29) is 11.9 Å². The van der Waals surface area contributed by atoms with Gasteiger partial charge in [0.1, 0.15) is 0 Å². The van der Waals surface area contributed by atoms with Gasteiger partial charge in [-0.25, -0.2) is 0 Å². The Hall–Kier alpha value is -1.55. The average molecular weight is 231 g/mol. The predicted molar refractivity (Wildman–Crippen MR) is 66.1 cm³/mol. The molecule has 1 unspecified atom stereocenters. The molecule has 1 fully saturated rings. The van der Waals surface area contributed by atoms with Crippen LogP contribution in [0.2, 0.25) is 0 Å². The van der Waals surface area contributed by atoms with Crippen molar-refractivity contribution in [3.63, 3.8) is 0 Å². The lowest BCUT2D eigenvalue weighted by Gasteiger charge is -2.21. The molecule has 2 aliphatic rings. The molecule has 3 rings (SSSR count). The molecular weight excluding hydrogens is 214 g/mol. The molecule has 0 spiro atoms. The standard InChI is InChI=1S/C13H17N3O/c1-15-5-4-12(13(15)17)16-7-9-2-3-11(14)6-10(9)8-16/h2-3,6,12H,4-5,7-8,14H2,1H3. The molecule has 1 aromatic carbocycles. The molecule has 17 heavy (non-hydrogen) atoms. The number of nitrogens with zero attached hydrogens (tertiary/aromatic N) is 2. The molecule has 0 radical (unpaired) electrons. The van der Waals surface area contributed by atoms with Gasteiger partial charge >= 0.3 is 0 Å². The molecule has 2 heterocycles. The van der Waals surface area contributed by atoms with E-state index in [1.807, 2.05) is 24.1 Å². The van der Waals surface area contributed by atoms with Crippen molar-refractivity contribution in [2.45, 2.75) is 25.6 Å². The molecule has 0 aliphatic carbocycles. The largest absolute Gasteiger partial charge is 0.399 e. The summed E-state index contributed by atoms with van der Waals surface area (Å²) in [7, 11) is 1.88. The number of likely N-dealkylation sites (N-methyl/N-ethyl adjacent to an activating group) is 1. The number of fused-ring (bicyclic) bond motifs is 1. The van der Waals surface area contributed by atoms with Crippen LogP contribution >= 0.6 is 0 Å². The highest BCUT2D eigenvalue weighted by atomic mass is 16.2. The quantitative estimate of drug-likeness (QED) is 0.728. The zero-order valence-corrected chi connectivity index (χ0v) is 10.0. The van der Waals surface area contributed by atoms with Gasteiger partial charge in [-0.15, -0.1) is 0 Å². The molecule has 1 saturated heterocycles. The number of hydrogen-bond donors (Lipinski definition) is 1. The maximum Gasteiger partial charge on any atom is 0.239 e. The molecule has 0 bridgehead atoms. The van der Waals surface area contributed by atoms with Crippen LogP contribution in [0.15, 0.2) is 18.2 Å². The van der Waals surface area contributed by atoms with Crippen molar-refractivity contribution in [1.29, 1.82) is 0 Å². The minimum absolute atomic E-state index is 0.0635. The Morgan fingerprint density at radius 3 is 2.76 bits per heavy atom. The van der Waals surface area contributed by atoms with E-state index in [4.69, 9.17) is 5.73 Å². The van der Waals surface area contributed by atoms with Crippen LogP contribution in [0.4, 0.5) is 5.69 Å². The lowest BCUT2D eigenvalue weighted by atomic mass is 10.1. The van der Waals surface area contributed by atoms with Crippen molar-refractivity contribution < 1.29 is 4.79 Å². The summed E-state index contributed by atoms with van der Waals surface area (Å²) in [5.41, 5.74) is 9.17. The molecule has 1 atom stereocenters. The van der Waals surface area contributed by atoms with Crippen LogP contribution < -0.4 is 5.73 Å². The molecule has 90 valence electrons. The van der Waals surface area contributed by atoms with Crippen LogP contribution in [0.5, 0.6) is 0 Å². The van der Waals surface area contributed by atoms with Gasteiger partial charge in [0.2, 0.25) is 5.91 Å². The number of rotatable bonds is 1. The van der Waals surface area contributed by atoms with Crippen LogP contribution in [0.3, 0.4) is 0 Å². The molecular formula is C13H17N3O. The average Bonchev–Trinajstić information content (AvgIpc) is 2.83. The van der Waals surface area contributed by atoms with Gasteiger partial charge in [-0.2, -0.15) is 0 Å².